The molecule has 262 valence electrons. The van der Waals surface area contributed by atoms with Crippen LogP contribution in [0.3, 0.4) is 0 Å². The number of hydrogen-bond donors (Lipinski definition) is 0. The van der Waals surface area contributed by atoms with Crippen LogP contribution in [0.1, 0.15) is 0 Å². The van der Waals surface area contributed by atoms with Gasteiger partial charge >= 0.3 is 0 Å². The van der Waals surface area contributed by atoms with Gasteiger partial charge in [0.1, 0.15) is 0 Å². The molecule has 0 unspecified atom stereocenters. The van der Waals surface area contributed by atoms with Crippen LogP contribution in [0, 0.1) is 0 Å². The van der Waals surface area contributed by atoms with Crippen LogP contribution in [0.5, 0.6) is 0 Å². The minimum atomic E-state index is 0.558. The molecule has 0 radical (unpaired) electrons. The molecule has 0 aliphatic carbocycles. The first kappa shape index (κ1) is 31.8. The summed E-state index contributed by atoms with van der Waals surface area (Å²) in [6.45, 7) is 0. The van der Waals surface area contributed by atoms with E-state index < -0.39 is 0 Å². The highest BCUT2D eigenvalue weighted by molar-refractivity contribution is 6.19. The number of nitrogens with zero attached hydrogens (tertiary/aromatic N) is 6. The molecule has 0 saturated heterocycles. The number of rotatable bonds is 6. The van der Waals surface area contributed by atoms with E-state index in [0.717, 1.165) is 72.2 Å². The molecule has 0 fully saturated rings. The van der Waals surface area contributed by atoms with Crippen molar-refractivity contribution in [2.45, 2.75) is 0 Å². The van der Waals surface area contributed by atoms with Gasteiger partial charge < -0.3 is 4.57 Å². The van der Waals surface area contributed by atoms with Crippen molar-refractivity contribution in [1.82, 2.24) is 29.1 Å². The predicted octanol–water partition coefficient (Wildman–Crippen LogP) is 12.1. The molecule has 0 aliphatic rings. The van der Waals surface area contributed by atoms with Crippen LogP contribution in [0.4, 0.5) is 0 Å². The summed E-state index contributed by atoms with van der Waals surface area (Å²) in [5.74, 6) is 1.76. The summed E-state index contributed by atoms with van der Waals surface area (Å²) in [6.07, 6.45) is 0. The third-order valence-corrected chi connectivity index (χ3v) is 10.6. The molecular weight excluding hydrogens is 685 g/mol. The lowest BCUT2D eigenvalue weighted by Crippen LogP contribution is -2.06. The Labute approximate surface area is 322 Å². The van der Waals surface area contributed by atoms with E-state index in [0.29, 0.717) is 17.6 Å². The van der Waals surface area contributed by atoms with Gasteiger partial charge in [-0.1, -0.05) is 146 Å². The van der Waals surface area contributed by atoms with Crippen LogP contribution >= 0.6 is 0 Å². The van der Waals surface area contributed by atoms with Crippen LogP contribution in [0.25, 0.3) is 101 Å². The van der Waals surface area contributed by atoms with Gasteiger partial charge in [-0.3, -0.25) is 4.57 Å². The minimum Gasteiger partial charge on any atom is -0.309 e. The van der Waals surface area contributed by atoms with E-state index in [-0.39, 0.29) is 0 Å². The van der Waals surface area contributed by atoms with Gasteiger partial charge in [-0.25, -0.2) is 9.97 Å². The fourth-order valence-corrected chi connectivity index (χ4v) is 7.97. The highest BCUT2D eigenvalue weighted by Gasteiger charge is 2.21. The van der Waals surface area contributed by atoms with Gasteiger partial charge in [-0.15, -0.1) is 0 Å². The maximum Gasteiger partial charge on any atom is 0.238 e. The second kappa shape index (κ2) is 13.0. The molecule has 0 N–H and O–H groups in total. The van der Waals surface area contributed by atoms with E-state index in [1.807, 2.05) is 60.7 Å². The van der Waals surface area contributed by atoms with E-state index in [2.05, 4.69) is 143 Å². The van der Waals surface area contributed by atoms with Gasteiger partial charge in [-0.05, 0) is 48.5 Å². The largest absolute Gasteiger partial charge is 0.309 e. The fraction of sp³-hybridized carbons (Fsp3) is 0. The molecule has 0 spiro atoms. The van der Waals surface area contributed by atoms with Gasteiger partial charge in [0, 0.05) is 49.5 Å². The number of para-hydroxylation sites is 3. The summed E-state index contributed by atoms with van der Waals surface area (Å²) in [4.78, 5) is 20.5. The zero-order valence-electron chi connectivity index (χ0n) is 30.2. The third-order valence-electron chi connectivity index (χ3n) is 10.6. The van der Waals surface area contributed by atoms with Crippen LogP contribution in [0.15, 0.2) is 194 Å². The number of hydrogen-bond acceptors (Lipinski definition) is 4. The third kappa shape index (κ3) is 5.27. The van der Waals surface area contributed by atoms with Crippen molar-refractivity contribution >= 4 is 43.6 Å². The second-order valence-corrected chi connectivity index (χ2v) is 13.9. The molecular formula is C50H32N6. The summed E-state index contributed by atoms with van der Waals surface area (Å²) < 4.78 is 4.55. The Balaban J connectivity index is 1.12. The minimum absolute atomic E-state index is 0.558. The maximum absolute atomic E-state index is 5.25. The molecule has 0 aliphatic heterocycles. The molecule has 56 heavy (non-hydrogen) atoms. The number of aromatic nitrogens is 6. The van der Waals surface area contributed by atoms with Crippen molar-refractivity contribution in [2.24, 2.45) is 0 Å². The molecule has 0 atom stereocenters. The lowest BCUT2D eigenvalue weighted by molar-refractivity contribution is 0.953. The molecule has 11 rings (SSSR count). The van der Waals surface area contributed by atoms with Gasteiger partial charge in [0.2, 0.25) is 5.95 Å². The van der Waals surface area contributed by atoms with Crippen LogP contribution < -0.4 is 0 Å². The summed E-state index contributed by atoms with van der Waals surface area (Å²) in [5, 5.41) is 4.69. The topological polar surface area (TPSA) is 61.4 Å². The Morgan fingerprint density at radius 3 is 1.38 bits per heavy atom. The summed E-state index contributed by atoms with van der Waals surface area (Å²) in [6, 6.07) is 67.3. The lowest BCUT2D eigenvalue weighted by atomic mass is 10.1. The lowest BCUT2D eigenvalue weighted by Gasteiger charge is -2.12. The van der Waals surface area contributed by atoms with Gasteiger partial charge in [0.15, 0.2) is 11.6 Å². The maximum atomic E-state index is 5.25. The van der Waals surface area contributed by atoms with E-state index in [4.69, 9.17) is 19.9 Å². The van der Waals surface area contributed by atoms with Crippen molar-refractivity contribution in [1.29, 1.82) is 0 Å². The Kier molecular flexibility index (Phi) is 7.38. The predicted molar refractivity (Wildman–Crippen MR) is 228 cm³/mol. The number of pyridine rings is 1. The summed E-state index contributed by atoms with van der Waals surface area (Å²) in [7, 11) is 0. The first-order valence-electron chi connectivity index (χ1n) is 18.7. The smallest absolute Gasteiger partial charge is 0.238 e. The van der Waals surface area contributed by atoms with E-state index in [9.17, 15) is 0 Å². The van der Waals surface area contributed by atoms with E-state index in [1.165, 1.54) is 10.8 Å². The average molecular weight is 717 g/mol. The Hall–Kier alpha value is -7.70. The quantitative estimate of drug-likeness (QED) is 0.172. The Morgan fingerprint density at radius 2 is 0.750 bits per heavy atom. The molecule has 4 aromatic heterocycles. The molecule has 11 aromatic rings. The Bertz CT molecular complexity index is 3220. The zero-order valence-corrected chi connectivity index (χ0v) is 30.2. The number of fused-ring (bicyclic) bond motifs is 6. The first-order chi connectivity index (χ1) is 27.8. The Morgan fingerprint density at radius 1 is 0.286 bits per heavy atom. The van der Waals surface area contributed by atoms with Gasteiger partial charge in [0.05, 0.1) is 33.5 Å². The van der Waals surface area contributed by atoms with Crippen LogP contribution in [-0.2, 0) is 0 Å². The van der Waals surface area contributed by atoms with E-state index >= 15 is 0 Å². The van der Waals surface area contributed by atoms with Crippen molar-refractivity contribution in [3.8, 4) is 56.9 Å². The number of benzene rings is 7. The van der Waals surface area contributed by atoms with Crippen molar-refractivity contribution < 1.29 is 0 Å². The molecule has 7 aromatic carbocycles. The van der Waals surface area contributed by atoms with Crippen molar-refractivity contribution in [3.63, 3.8) is 0 Å². The molecule has 6 heteroatoms. The average Bonchev–Trinajstić information content (AvgIpc) is 3.78. The second-order valence-electron chi connectivity index (χ2n) is 13.9. The fourth-order valence-electron chi connectivity index (χ4n) is 7.97. The molecule has 0 bridgehead atoms. The SMILES string of the molecule is c1ccc(-c2cccc(-c3ccc(-c4nc(-c5ccccc5)nc(-n5c6ccccc6c6cc7c8ccccc8n(-c8ccccc8)c7cc65)n4)cc3)n2)cc1. The first-order valence-corrected chi connectivity index (χ1v) is 18.7. The highest BCUT2D eigenvalue weighted by atomic mass is 15.2. The highest BCUT2D eigenvalue weighted by Crippen LogP contribution is 2.39. The normalized spacial score (nSPS) is 11.6. The molecule has 0 saturated carbocycles. The zero-order chi connectivity index (χ0) is 37.0. The summed E-state index contributed by atoms with van der Waals surface area (Å²) >= 11 is 0. The summed E-state index contributed by atoms with van der Waals surface area (Å²) in [5.41, 5.74) is 11.2. The van der Waals surface area contributed by atoms with E-state index in [1.54, 1.807) is 0 Å². The monoisotopic (exact) mass is 716 g/mol. The molecule has 4 heterocycles. The van der Waals surface area contributed by atoms with Gasteiger partial charge in [0.25, 0.3) is 0 Å². The van der Waals surface area contributed by atoms with Crippen LogP contribution in [-0.4, -0.2) is 29.1 Å². The molecule has 0 amide bonds. The van der Waals surface area contributed by atoms with Crippen molar-refractivity contribution in [3.05, 3.63) is 194 Å². The van der Waals surface area contributed by atoms with Crippen LogP contribution in [0.2, 0.25) is 0 Å². The standard InChI is InChI=1S/C50H32N6/c1-4-15-33(16-5-1)42-23-14-24-43(51-42)34-27-29-36(30-28-34)49-52-48(35-17-6-2-7-18-35)53-50(54-49)56-45-26-13-11-22-39(45)41-31-40-38-21-10-12-25-44(38)55(46(40)32-47(41)56)37-19-8-3-9-20-37/h1-32H. The van der Waals surface area contributed by atoms with Crippen molar-refractivity contribution in [2.75, 3.05) is 0 Å². The molecule has 6 nitrogen and oxygen atoms in total. The van der Waals surface area contributed by atoms with Gasteiger partial charge in [-0.2, -0.15) is 9.97 Å².